The molecule has 0 aliphatic carbocycles. The van der Waals surface area contributed by atoms with E-state index in [4.69, 9.17) is 10.5 Å². The summed E-state index contributed by atoms with van der Waals surface area (Å²) in [5.74, 6) is -0.441. The molecule has 0 fully saturated rings. The Kier molecular flexibility index (Phi) is 4.26. The van der Waals surface area contributed by atoms with E-state index in [1.54, 1.807) is 12.1 Å². The number of carbonyl (C=O) groups excluding carboxylic acids is 1. The molecule has 0 aromatic heterocycles. The first-order valence-electron chi connectivity index (χ1n) is 5.60. The molecule has 0 atom stereocenters. The van der Waals surface area contributed by atoms with Gasteiger partial charge >= 0.3 is 5.97 Å². The van der Waals surface area contributed by atoms with Crippen LogP contribution in [-0.4, -0.2) is 13.1 Å². The summed E-state index contributed by atoms with van der Waals surface area (Å²) in [6.07, 6.45) is 0. The number of hydrogen-bond acceptors (Lipinski definition) is 4. The molecule has 0 amide bonds. The molecule has 0 bridgehead atoms. The maximum atomic E-state index is 11.6. The Morgan fingerprint density at radius 1 is 1.21 bits per heavy atom. The average Bonchev–Trinajstić information content (AvgIpc) is 2.40. The second-order valence-corrected chi connectivity index (χ2v) is 5.17. The van der Waals surface area contributed by atoms with Gasteiger partial charge in [-0.1, -0.05) is 6.07 Å². The number of anilines is 3. The van der Waals surface area contributed by atoms with E-state index in [0.717, 1.165) is 14.9 Å². The third kappa shape index (κ3) is 3.37. The Hall–Kier alpha value is -1.76. The van der Waals surface area contributed by atoms with E-state index in [1.807, 2.05) is 30.3 Å². The van der Waals surface area contributed by atoms with Crippen molar-refractivity contribution in [2.75, 3.05) is 18.2 Å². The molecule has 2 aromatic rings. The fourth-order valence-electron chi connectivity index (χ4n) is 1.65. The van der Waals surface area contributed by atoms with Gasteiger partial charge in [0, 0.05) is 20.6 Å². The number of carbonyl (C=O) groups is 1. The van der Waals surface area contributed by atoms with Crippen molar-refractivity contribution in [1.82, 2.24) is 0 Å². The molecule has 0 saturated heterocycles. The molecule has 19 heavy (non-hydrogen) atoms. The second-order valence-electron chi connectivity index (χ2n) is 3.93. The molecular weight excluding hydrogens is 355 g/mol. The quantitative estimate of drug-likeness (QED) is 0.495. The number of esters is 1. The Balaban J connectivity index is 2.29. The van der Waals surface area contributed by atoms with Crippen molar-refractivity contribution in [2.45, 2.75) is 0 Å². The van der Waals surface area contributed by atoms with E-state index in [9.17, 15) is 4.79 Å². The fourth-order valence-corrected chi connectivity index (χ4v) is 2.20. The van der Waals surface area contributed by atoms with Gasteiger partial charge in [-0.15, -0.1) is 0 Å². The van der Waals surface area contributed by atoms with Gasteiger partial charge in [0.15, 0.2) is 0 Å². The van der Waals surface area contributed by atoms with E-state index in [1.165, 1.54) is 7.11 Å². The van der Waals surface area contributed by atoms with Crippen molar-refractivity contribution in [2.24, 2.45) is 0 Å². The number of nitrogen functional groups attached to an aromatic ring is 1. The Bertz CT molecular complexity index is 614. The molecule has 0 unspecified atom stereocenters. The predicted octanol–water partition coefficient (Wildman–Crippen LogP) is 3.40. The number of benzene rings is 2. The Morgan fingerprint density at radius 2 is 1.95 bits per heavy atom. The van der Waals surface area contributed by atoms with Crippen LogP contribution >= 0.6 is 22.6 Å². The summed E-state index contributed by atoms with van der Waals surface area (Å²) in [5, 5.41) is 3.22. The monoisotopic (exact) mass is 368 g/mol. The standard InChI is InChI=1S/C14H13IN2O2/c1-19-14(18)12-8-11(5-6-13(12)16)17-10-4-2-3-9(15)7-10/h2-8,17H,16H2,1H3. The van der Waals surface area contributed by atoms with Crippen LogP contribution < -0.4 is 11.1 Å². The maximum absolute atomic E-state index is 11.6. The molecule has 2 rings (SSSR count). The molecule has 0 radical (unpaired) electrons. The van der Waals surface area contributed by atoms with E-state index >= 15 is 0 Å². The third-order valence-electron chi connectivity index (χ3n) is 2.57. The lowest BCUT2D eigenvalue weighted by molar-refractivity contribution is 0.0602. The van der Waals surface area contributed by atoms with Crippen molar-refractivity contribution in [1.29, 1.82) is 0 Å². The highest BCUT2D eigenvalue weighted by Gasteiger charge is 2.10. The van der Waals surface area contributed by atoms with Crippen LogP contribution in [0.25, 0.3) is 0 Å². The zero-order valence-electron chi connectivity index (χ0n) is 10.3. The Morgan fingerprint density at radius 3 is 2.63 bits per heavy atom. The molecule has 2 aromatic carbocycles. The van der Waals surface area contributed by atoms with Crippen LogP contribution in [-0.2, 0) is 4.74 Å². The average molecular weight is 368 g/mol. The van der Waals surface area contributed by atoms with E-state index in [-0.39, 0.29) is 0 Å². The third-order valence-corrected chi connectivity index (χ3v) is 3.24. The summed E-state index contributed by atoms with van der Waals surface area (Å²) in [7, 11) is 1.33. The molecule has 0 spiro atoms. The number of hydrogen-bond donors (Lipinski definition) is 2. The van der Waals surface area contributed by atoms with Gasteiger partial charge in [0.1, 0.15) is 0 Å². The largest absolute Gasteiger partial charge is 0.465 e. The second kappa shape index (κ2) is 5.92. The number of rotatable bonds is 3. The first kappa shape index (κ1) is 13.7. The van der Waals surface area contributed by atoms with Gasteiger partial charge in [0.25, 0.3) is 0 Å². The molecule has 4 nitrogen and oxygen atoms in total. The molecule has 0 aliphatic rings. The van der Waals surface area contributed by atoms with E-state index in [2.05, 4.69) is 27.9 Å². The highest BCUT2D eigenvalue weighted by Crippen LogP contribution is 2.23. The van der Waals surface area contributed by atoms with Gasteiger partial charge in [-0.25, -0.2) is 4.79 Å². The number of nitrogens with two attached hydrogens (primary N) is 1. The first-order chi connectivity index (χ1) is 9.10. The van der Waals surface area contributed by atoms with Gasteiger partial charge in [-0.3, -0.25) is 0 Å². The van der Waals surface area contributed by atoms with Gasteiger partial charge in [0.05, 0.1) is 12.7 Å². The van der Waals surface area contributed by atoms with Crippen molar-refractivity contribution in [3.63, 3.8) is 0 Å². The minimum atomic E-state index is -0.441. The smallest absolute Gasteiger partial charge is 0.340 e. The number of methoxy groups -OCH3 is 1. The summed E-state index contributed by atoms with van der Waals surface area (Å²) in [4.78, 5) is 11.6. The summed E-state index contributed by atoms with van der Waals surface area (Å²) in [6, 6.07) is 13.1. The molecule has 0 saturated carbocycles. The minimum absolute atomic E-state index is 0.359. The van der Waals surface area contributed by atoms with Crippen LogP contribution in [0, 0.1) is 3.57 Å². The van der Waals surface area contributed by atoms with Crippen molar-refractivity contribution in [3.05, 3.63) is 51.6 Å². The lowest BCUT2D eigenvalue weighted by Gasteiger charge is -2.10. The lowest BCUT2D eigenvalue weighted by atomic mass is 10.1. The van der Waals surface area contributed by atoms with Gasteiger partial charge < -0.3 is 15.8 Å². The molecule has 5 heteroatoms. The van der Waals surface area contributed by atoms with Crippen LogP contribution in [0.5, 0.6) is 0 Å². The van der Waals surface area contributed by atoms with Gasteiger partial charge in [-0.2, -0.15) is 0 Å². The topological polar surface area (TPSA) is 64.3 Å². The van der Waals surface area contributed by atoms with Crippen LogP contribution in [0.3, 0.4) is 0 Å². The summed E-state index contributed by atoms with van der Waals surface area (Å²) in [6.45, 7) is 0. The van der Waals surface area contributed by atoms with Gasteiger partial charge in [-0.05, 0) is 59.0 Å². The maximum Gasteiger partial charge on any atom is 0.340 e. The summed E-state index contributed by atoms with van der Waals surface area (Å²) < 4.78 is 5.82. The highest BCUT2D eigenvalue weighted by atomic mass is 127. The molecule has 0 aliphatic heterocycles. The molecule has 3 N–H and O–H groups in total. The van der Waals surface area contributed by atoms with Crippen molar-refractivity contribution in [3.8, 4) is 0 Å². The molecular formula is C14H13IN2O2. The van der Waals surface area contributed by atoms with Crippen LogP contribution in [0.2, 0.25) is 0 Å². The van der Waals surface area contributed by atoms with Crippen LogP contribution in [0.1, 0.15) is 10.4 Å². The van der Waals surface area contributed by atoms with Crippen molar-refractivity contribution >= 4 is 45.6 Å². The van der Waals surface area contributed by atoms with Gasteiger partial charge in [0.2, 0.25) is 0 Å². The lowest BCUT2D eigenvalue weighted by Crippen LogP contribution is -2.06. The predicted molar refractivity (Wildman–Crippen MR) is 84.6 cm³/mol. The summed E-state index contributed by atoms with van der Waals surface area (Å²) >= 11 is 2.24. The first-order valence-corrected chi connectivity index (χ1v) is 6.68. The molecule has 98 valence electrons. The Labute approximate surface area is 125 Å². The normalized spacial score (nSPS) is 10.0. The van der Waals surface area contributed by atoms with Crippen LogP contribution in [0.4, 0.5) is 17.1 Å². The number of halogens is 1. The molecule has 0 heterocycles. The van der Waals surface area contributed by atoms with Crippen LogP contribution in [0.15, 0.2) is 42.5 Å². The minimum Gasteiger partial charge on any atom is -0.465 e. The zero-order valence-corrected chi connectivity index (χ0v) is 12.5. The number of nitrogens with one attached hydrogen (secondary N) is 1. The fraction of sp³-hybridized carbons (Fsp3) is 0.0714. The highest BCUT2D eigenvalue weighted by molar-refractivity contribution is 14.1. The van der Waals surface area contributed by atoms with E-state index < -0.39 is 5.97 Å². The number of ether oxygens (including phenoxy) is 1. The summed E-state index contributed by atoms with van der Waals surface area (Å²) in [5.41, 5.74) is 8.26. The SMILES string of the molecule is COC(=O)c1cc(Nc2cccc(I)c2)ccc1N. The van der Waals surface area contributed by atoms with E-state index in [0.29, 0.717) is 11.3 Å². The zero-order chi connectivity index (χ0) is 13.8. The van der Waals surface area contributed by atoms with Crippen molar-refractivity contribution < 1.29 is 9.53 Å².